The first kappa shape index (κ1) is 17.4. The fraction of sp³-hybridized carbons (Fsp3) is 0.462. The minimum atomic E-state index is -3.92. The van der Waals surface area contributed by atoms with Crippen LogP contribution in [0.3, 0.4) is 0 Å². The summed E-state index contributed by atoms with van der Waals surface area (Å²) in [5, 5.41) is 0. The Balaban J connectivity index is 3.19. The number of rotatable bonds is 6. The van der Waals surface area contributed by atoms with Crippen molar-refractivity contribution in [2.45, 2.75) is 24.3 Å². The number of methoxy groups -OCH3 is 2. The molecular weight excluding hydrogens is 296 g/mol. The number of benzene rings is 1. The average molecular weight is 316 g/mol. The molecule has 0 bridgehead atoms. The van der Waals surface area contributed by atoms with E-state index < -0.39 is 21.6 Å². The Labute approximate surface area is 124 Å². The molecule has 8 heteroatoms. The molecule has 3 N–H and O–H groups in total. The van der Waals surface area contributed by atoms with Crippen LogP contribution < -0.4 is 10.5 Å². The van der Waals surface area contributed by atoms with Crippen LogP contribution in [0, 0.1) is 0 Å². The summed E-state index contributed by atoms with van der Waals surface area (Å²) in [6.07, 6.45) is 0. The number of nitrogens with one attached hydrogen (secondary N) is 1. The van der Waals surface area contributed by atoms with Gasteiger partial charge in [0.15, 0.2) is 0 Å². The van der Waals surface area contributed by atoms with Gasteiger partial charge in [0.25, 0.3) is 0 Å². The second-order valence-electron chi connectivity index (χ2n) is 5.04. The third kappa shape index (κ3) is 4.42. The summed E-state index contributed by atoms with van der Waals surface area (Å²) in [7, 11) is -1.26. The minimum absolute atomic E-state index is 0.0429. The summed E-state index contributed by atoms with van der Waals surface area (Å²) >= 11 is 0. The molecule has 0 aliphatic rings. The highest BCUT2D eigenvalue weighted by atomic mass is 32.2. The van der Waals surface area contributed by atoms with Gasteiger partial charge in [-0.3, -0.25) is 0 Å². The van der Waals surface area contributed by atoms with Gasteiger partial charge >= 0.3 is 5.97 Å². The Kier molecular flexibility index (Phi) is 5.32. The van der Waals surface area contributed by atoms with Gasteiger partial charge in [0, 0.05) is 19.3 Å². The highest BCUT2D eigenvalue weighted by Crippen LogP contribution is 2.20. The first-order chi connectivity index (χ1) is 9.63. The lowest BCUT2D eigenvalue weighted by atomic mass is 10.1. The van der Waals surface area contributed by atoms with Crippen molar-refractivity contribution < 1.29 is 22.7 Å². The number of esters is 1. The van der Waals surface area contributed by atoms with Gasteiger partial charge in [-0.25, -0.2) is 17.9 Å². The quantitative estimate of drug-likeness (QED) is 0.592. The molecule has 1 rings (SSSR count). The lowest BCUT2D eigenvalue weighted by Crippen LogP contribution is -2.40. The van der Waals surface area contributed by atoms with Crippen molar-refractivity contribution in [1.82, 2.24) is 4.72 Å². The van der Waals surface area contributed by atoms with Gasteiger partial charge in [-0.2, -0.15) is 0 Å². The summed E-state index contributed by atoms with van der Waals surface area (Å²) in [6, 6.07) is 3.97. The average Bonchev–Trinajstić information content (AvgIpc) is 2.44. The van der Waals surface area contributed by atoms with E-state index in [1.807, 2.05) is 0 Å². The Hall–Kier alpha value is -1.64. The normalized spacial score (nSPS) is 12.2. The van der Waals surface area contributed by atoms with Crippen molar-refractivity contribution in [1.29, 1.82) is 0 Å². The standard InChI is InChI=1S/C13H20N2O5S/c1-13(2,20-4)8-15-21(17,18)11-7-9(14)5-6-10(11)12(16)19-3/h5-7,15H,8,14H2,1-4H3. The van der Waals surface area contributed by atoms with Gasteiger partial charge in [-0.05, 0) is 32.0 Å². The zero-order valence-electron chi connectivity index (χ0n) is 12.5. The van der Waals surface area contributed by atoms with Gasteiger partial charge in [-0.1, -0.05) is 0 Å². The van der Waals surface area contributed by atoms with Crippen LogP contribution in [0.15, 0.2) is 23.1 Å². The van der Waals surface area contributed by atoms with Crippen LogP contribution in [0.25, 0.3) is 0 Å². The number of hydrogen-bond donors (Lipinski definition) is 2. The molecule has 0 aliphatic carbocycles. The molecule has 21 heavy (non-hydrogen) atoms. The number of hydrogen-bond acceptors (Lipinski definition) is 6. The second kappa shape index (κ2) is 6.42. The maximum atomic E-state index is 12.4. The monoisotopic (exact) mass is 316 g/mol. The fourth-order valence-electron chi connectivity index (χ4n) is 1.46. The minimum Gasteiger partial charge on any atom is -0.465 e. The molecule has 0 aliphatic heterocycles. The van der Waals surface area contributed by atoms with Crippen LogP contribution in [0.2, 0.25) is 0 Å². The molecule has 0 radical (unpaired) electrons. The second-order valence-corrected chi connectivity index (χ2v) is 6.77. The van der Waals surface area contributed by atoms with E-state index in [4.69, 9.17) is 10.5 Å². The molecule has 0 saturated heterocycles. The summed E-state index contributed by atoms with van der Waals surface area (Å²) < 4.78 is 36.8. The summed E-state index contributed by atoms with van der Waals surface area (Å²) in [5.74, 6) is -0.749. The molecule has 0 saturated carbocycles. The molecular formula is C13H20N2O5S. The Bertz CT molecular complexity index is 625. The zero-order valence-corrected chi connectivity index (χ0v) is 13.3. The molecule has 0 atom stereocenters. The summed E-state index contributed by atoms with van der Waals surface area (Å²) in [4.78, 5) is 11.4. The van der Waals surface area contributed by atoms with Gasteiger partial charge in [0.05, 0.1) is 23.2 Å². The zero-order chi connectivity index (χ0) is 16.3. The SMILES string of the molecule is COC(=O)c1ccc(N)cc1S(=O)(=O)NCC(C)(C)OC. The van der Waals surface area contributed by atoms with E-state index in [9.17, 15) is 13.2 Å². The third-order valence-corrected chi connectivity index (χ3v) is 4.38. The molecule has 0 aromatic heterocycles. The van der Waals surface area contributed by atoms with E-state index in [0.29, 0.717) is 0 Å². The van der Waals surface area contributed by atoms with E-state index in [1.54, 1.807) is 13.8 Å². The van der Waals surface area contributed by atoms with E-state index in [0.717, 1.165) is 0 Å². The van der Waals surface area contributed by atoms with Crippen molar-refractivity contribution in [2.75, 3.05) is 26.5 Å². The predicted octanol–water partition coefficient (Wildman–Crippen LogP) is 0.759. The van der Waals surface area contributed by atoms with Crippen LogP contribution in [-0.2, 0) is 19.5 Å². The predicted molar refractivity (Wildman–Crippen MR) is 78.5 cm³/mol. The molecule has 0 fully saturated rings. The number of ether oxygens (including phenoxy) is 2. The van der Waals surface area contributed by atoms with Crippen LogP contribution >= 0.6 is 0 Å². The van der Waals surface area contributed by atoms with E-state index >= 15 is 0 Å². The van der Waals surface area contributed by atoms with E-state index in [-0.39, 0.29) is 22.7 Å². The van der Waals surface area contributed by atoms with Crippen molar-refractivity contribution in [2.24, 2.45) is 0 Å². The molecule has 7 nitrogen and oxygen atoms in total. The van der Waals surface area contributed by atoms with Crippen molar-refractivity contribution in [3.8, 4) is 0 Å². The van der Waals surface area contributed by atoms with Crippen molar-refractivity contribution in [3.05, 3.63) is 23.8 Å². The topological polar surface area (TPSA) is 108 Å². The Morgan fingerprint density at radius 1 is 1.33 bits per heavy atom. The number of nitrogen functional groups attached to an aromatic ring is 1. The molecule has 0 heterocycles. The molecule has 0 amide bonds. The van der Waals surface area contributed by atoms with Crippen LogP contribution in [0.1, 0.15) is 24.2 Å². The number of carbonyl (C=O) groups excluding carboxylic acids is 1. The molecule has 1 aromatic rings. The van der Waals surface area contributed by atoms with Crippen LogP contribution in [0.5, 0.6) is 0 Å². The number of sulfonamides is 1. The van der Waals surface area contributed by atoms with Gasteiger partial charge in [0.2, 0.25) is 10.0 Å². The highest BCUT2D eigenvalue weighted by Gasteiger charge is 2.26. The largest absolute Gasteiger partial charge is 0.465 e. The smallest absolute Gasteiger partial charge is 0.339 e. The Morgan fingerprint density at radius 2 is 1.95 bits per heavy atom. The molecule has 0 spiro atoms. The summed E-state index contributed by atoms with van der Waals surface area (Å²) in [6.45, 7) is 3.51. The Morgan fingerprint density at radius 3 is 2.48 bits per heavy atom. The van der Waals surface area contributed by atoms with E-state index in [2.05, 4.69) is 9.46 Å². The fourth-order valence-corrected chi connectivity index (χ4v) is 2.88. The van der Waals surface area contributed by atoms with Gasteiger partial charge in [-0.15, -0.1) is 0 Å². The number of nitrogens with two attached hydrogens (primary N) is 1. The van der Waals surface area contributed by atoms with Crippen LogP contribution in [0.4, 0.5) is 5.69 Å². The van der Waals surface area contributed by atoms with Crippen molar-refractivity contribution in [3.63, 3.8) is 0 Å². The number of anilines is 1. The first-order valence-corrected chi connectivity index (χ1v) is 7.64. The van der Waals surface area contributed by atoms with Gasteiger partial charge in [0.1, 0.15) is 0 Å². The lowest BCUT2D eigenvalue weighted by molar-refractivity contribution is 0.0276. The maximum Gasteiger partial charge on any atom is 0.339 e. The lowest BCUT2D eigenvalue weighted by Gasteiger charge is -2.23. The van der Waals surface area contributed by atoms with Crippen molar-refractivity contribution >= 4 is 21.7 Å². The highest BCUT2D eigenvalue weighted by molar-refractivity contribution is 7.89. The maximum absolute atomic E-state index is 12.4. The third-order valence-electron chi connectivity index (χ3n) is 2.94. The first-order valence-electron chi connectivity index (χ1n) is 6.15. The van der Waals surface area contributed by atoms with Crippen LogP contribution in [-0.4, -0.2) is 40.8 Å². The van der Waals surface area contributed by atoms with E-state index in [1.165, 1.54) is 32.4 Å². The molecule has 1 aromatic carbocycles. The van der Waals surface area contributed by atoms with Gasteiger partial charge < -0.3 is 15.2 Å². The molecule has 118 valence electrons. The number of carbonyl (C=O) groups is 1. The summed E-state index contributed by atoms with van der Waals surface area (Å²) in [5.41, 5.74) is 5.08. The molecule has 0 unspecified atom stereocenters.